The summed E-state index contributed by atoms with van der Waals surface area (Å²) >= 11 is 0. The van der Waals surface area contributed by atoms with Gasteiger partial charge in [0.05, 0.1) is 6.20 Å². The van der Waals surface area contributed by atoms with Crippen LogP contribution in [0.25, 0.3) is 0 Å². The average molecular weight is 283 g/mol. The van der Waals surface area contributed by atoms with E-state index in [-0.39, 0.29) is 11.9 Å². The molecule has 3 nitrogen and oxygen atoms in total. The van der Waals surface area contributed by atoms with Gasteiger partial charge in [0.2, 0.25) is 0 Å². The standard InChI is InChI=1S/C15H23F2N3/c16-12-10-14(17)15(19-11-12)20(9-5-8-18)13-6-3-1-2-4-7-13/h10-11,13H,1-9,18H2. The van der Waals surface area contributed by atoms with Gasteiger partial charge in [0, 0.05) is 18.7 Å². The van der Waals surface area contributed by atoms with Crippen molar-refractivity contribution in [3.8, 4) is 0 Å². The SMILES string of the molecule is NCCCN(c1ncc(F)cc1F)C1CCCCCC1. The molecule has 0 radical (unpaired) electrons. The van der Waals surface area contributed by atoms with Crippen LogP contribution in [-0.2, 0) is 0 Å². The molecule has 1 aliphatic carbocycles. The minimum Gasteiger partial charge on any atom is -0.351 e. The number of nitrogens with two attached hydrogens (primary N) is 1. The van der Waals surface area contributed by atoms with Gasteiger partial charge in [0.25, 0.3) is 0 Å². The number of rotatable bonds is 5. The maximum absolute atomic E-state index is 14.0. The summed E-state index contributed by atoms with van der Waals surface area (Å²) in [5.74, 6) is -0.941. The molecule has 1 fully saturated rings. The van der Waals surface area contributed by atoms with Gasteiger partial charge in [-0.3, -0.25) is 0 Å². The first-order chi connectivity index (χ1) is 9.72. The normalized spacial score (nSPS) is 16.9. The molecule has 5 heteroatoms. The molecule has 0 unspecified atom stereocenters. The fraction of sp³-hybridized carbons (Fsp3) is 0.667. The maximum atomic E-state index is 14.0. The molecule has 1 aliphatic rings. The number of halogens is 2. The maximum Gasteiger partial charge on any atom is 0.168 e. The van der Waals surface area contributed by atoms with Crippen molar-refractivity contribution >= 4 is 5.82 Å². The first kappa shape index (κ1) is 15.2. The van der Waals surface area contributed by atoms with E-state index in [1.54, 1.807) is 0 Å². The summed E-state index contributed by atoms with van der Waals surface area (Å²) in [6.07, 6.45) is 8.76. The number of nitrogens with zero attached hydrogens (tertiary/aromatic N) is 2. The lowest BCUT2D eigenvalue weighted by Gasteiger charge is -2.32. The third kappa shape index (κ3) is 3.88. The van der Waals surface area contributed by atoms with Gasteiger partial charge in [-0.1, -0.05) is 25.7 Å². The predicted molar refractivity (Wildman–Crippen MR) is 76.7 cm³/mol. The van der Waals surface area contributed by atoms with E-state index in [9.17, 15) is 8.78 Å². The van der Waals surface area contributed by atoms with Crippen LogP contribution in [0, 0.1) is 11.6 Å². The van der Waals surface area contributed by atoms with Crippen molar-refractivity contribution in [2.75, 3.05) is 18.0 Å². The highest BCUT2D eigenvalue weighted by Gasteiger charge is 2.23. The Labute approximate surface area is 119 Å². The van der Waals surface area contributed by atoms with E-state index >= 15 is 0 Å². The molecule has 1 aromatic heterocycles. The molecule has 1 saturated carbocycles. The van der Waals surface area contributed by atoms with E-state index in [0.29, 0.717) is 13.1 Å². The van der Waals surface area contributed by atoms with Gasteiger partial charge in [-0.25, -0.2) is 13.8 Å². The van der Waals surface area contributed by atoms with Gasteiger partial charge in [-0.15, -0.1) is 0 Å². The summed E-state index contributed by atoms with van der Waals surface area (Å²) in [6.45, 7) is 1.24. The first-order valence-electron chi connectivity index (χ1n) is 7.50. The molecule has 1 aromatic rings. The highest BCUT2D eigenvalue weighted by atomic mass is 19.1. The Hall–Kier alpha value is -1.23. The van der Waals surface area contributed by atoms with Crippen molar-refractivity contribution in [1.82, 2.24) is 4.98 Å². The van der Waals surface area contributed by atoms with Gasteiger partial charge in [0.1, 0.15) is 5.82 Å². The molecular weight excluding hydrogens is 260 g/mol. The minimum absolute atomic E-state index is 0.270. The Morgan fingerprint density at radius 2 is 1.90 bits per heavy atom. The molecule has 2 N–H and O–H groups in total. The van der Waals surface area contributed by atoms with E-state index in [0.717, 1.165) is 44.4 Å². The van der Waals surface area contributed by atoms with E-state index in [2.05, 4.69) is 4.98 Å². The highest BCUT2D eigenvalue weighted by Crippen LogP contribution is 2.27. The summed E-state index contributed by atoms with van der Waals surface area (Å²) in [4.78, 5) is 5.96. The Morgan fingerprint density at radius 3 is 2.50 bits per heavy atom. The summed E-state index contributed by atoms with van der Waals surface area (Å²) in [7, 11) is 0. The zero-order chi connectivity index (χ0) is 14.4. The van der Waals surface area contributed by atoms with Crippen LogP contribution in [0.5, 0.6) is 0 Å². The highest BCUT2D eigenvalue weighted by molar-refractivity contribution is 5.41. The van der Waals surface area contributed by atoms with E-state index < -0.39 is 11.6 Å². The molecule has 0 amide bonds. The summed E-state index contributed by atoms with van der Waals surface area (Å²) in [5, 5.41) is 0. The van der Waals surface area contributed by atoms with Crippen LogP contribution in [0.2, 0.25) is 0 Å². The second-order valence-corrected chi connectivity index (χ2v) is 5.44. The van der Waals surface area contributed by atoms with Crippen LogP contribution in [0.1, 0.15) is 44.9 Å². The molecule has 112 valence electrons. The van der Waals surface area contributed by atoms with Crippen LogP contribution >= 0.6 is 0 Å². The molecule has 0 bridgehead atoms. The van der Waals surface area contributed by atoms with Crippen LogP contribution in [0.3, 0.4) is 0 Å². The van der Waals surface area contributed by atoms with Gasteiger partial charge in [-0.2, -0.15) is 0 Å². The smallest absolute Gasteiger partial charge is 0.168 e. The van der Waals surface area contributed by atoms with Crippen molar-refractivity contribution in [1.29, 1.82) is 0 Å². The number of aromatic nitrogens is 1. The van der Waals surface area contributed by atoms with Crippen LogP contribution in [0.15, 0.2) is 12.3 Å². The molecule has 2 rings (SSSR count). The Kier molecular flexibility index (Phi) is 5.71. The monoisotopic (exact) mass is 283 g/mol. The van der Waals surface area contributed by atoms with Crippen molar-refractivity contribution in [2.24, 2.45) is 5.73 Å². The van der Waals surface area contributed by atoms with Gasteiger partial charge < -0.3 is 10.6 Å². The lowest BCUT2D eigenvalue weighted by Crippen LogP contribution is -2.38. The van der Waals surface area contributed by atoms with Crippen LogP contribution in [0.4, 0.5) is 14.6 Å². The molecule has 0 saturated heterocycles. The molecule has 0 aliphatic heterocycles. The fourth-order valence-electron chi connectivity index (χ4n) is 2.91. The average Bonchev–Trinajstić information content (AvgIpc) is 2.70. The zero-order valence-electron chi connectivity index (χ0n) is 11.8. The third-order valence-corrected chi connectivity index (χ3v) is 3.93. The lowest BCUT2D eigenvalue weighted by atomic mass is 10.1. The quantitative estimate of drug-likeness (QED) is 0.844. The fourth-order valence-corrected chi connectivity index (χ4v) is 2.91. The van der Waals surface area contributed by atoms with Gasteiger partial charge >= 0.3 is 0 Å². The topological polar surface area (TPSA) is 42.1 Å². The summed E-state index contributed by atoms with van der Waals surface area (Å²) in [5.41, 5.74) is 5.58. The van der Waals surface area contributed by atoms with Gasteiger partial charge in [0.15, 0.2) is 11.6 Å². The first-order valence-corrected chi connectivity index (χ1v) is 7.50. The molecule has 0 atom stereocenters. The molecule has 1 heterocycles. The van der Waals surface area contributed by atoms with Crippen molar-refractivity contribution < 1.29 is 8.78 Å². The van der Waals surface area contributed by atoms with E-state index in [4.69, 9.17) is 5.73 Å². The van der Waals surface area contributed by atoms with Crippen LogP contribution < -0.4 is 10.6 Å². The molecular formula is C15H23F2N3. The Bertz CT molecular complexity index is 418. The third-order valence-electron chi connectivity index (χ3n) is 3.93. The second kappa shape index (κ2) is 7.53. The van der Waals surface area contributed by atoms with E-state index in [1.165, 1.54) is 12.8 Å². The molecule has 0 spiro atoms. The largest absolute Gasteiger partial charge is 0.351 e. The second-order valence-electron chi connectivity index (χ2n) is 5.44. The van der Waals surface area contributed by atoms with Gasteiger partial charge in [-0.05, 0) is 25.8 Å². The zero-order valence-corrected chi connectivity index (χ0v) is 11.8. The number of pyridine rings is 1. The van der Waals surface area contributed by atoms with E-state index in [1.807, 2.05) is 4.90 Å². The predicted octanol–water partition coefficient (Wildman–Crippen LogP) is 3.24. The Balaban J connectivity index is 2.20. The Morgan fingerprint density at radius 1 is 1.20 bits per heavy atom. The number of hydrogen-bond acceptors (Lipinski definition) is 3. The number of anilines is 1. The molecule has 20 heavy (non-hydrogen) atoms. The van der Waals surface area contributed by atoms with Crippen LogP contribution in [-0.4, -0.2) is 24.1 Å². The lowest BCUT2D eigenvalue weighted by molar-refractivity contribution is 0.496. The summed E-state index contributed by atoms with van der Waals surface area (Å²) < 4.78 is 27.0. The van der Waals surface area contributed by atoms with Crippen molar-refractivity contribution in [3.63, 3.8) is 0 Å². The van der Waals surface area contributed by atoms with Crippen molar-refractivity contribution in [3.05, 3.63) is 23.9 Å². The number of hydrogen-bond donors (Lipinski definition) is 1. The minimum atomic E-state index is -0.633. The molecule has 0 aromatic carbocycles. The van der Waals surface area contributed by atoms with Crippen molar-refractivity contribution in [2.45, 2.75) is 51.0 Å². The summed E-state index contributed by atoms with van der Waals surface area (Å²) in [6, 6.07) is 1.20.